The number of hydrogen-bond acceptors (Lipinski definition) is 2. The molecular weight excluding hydrogens is 162 g/mol. The number of benzene rings is 1. The van der Waals surface area contributed by atoms with Crippen molar-refractivity contribution in [2.45, 2.75) is 6.92 Å². The van der Waals surface area contributed by atoms with Gasteiger partial charge in [0, 0.05) is 5.02 Å². The molecule has 0 aliphatic rings. The van der Waals surface area contributed by atoms with E-state index >= 15 is 0 Å². The van der Waals surface area contributed by atoms with Gasteiger partial charge in [-0.3, -0.25) is 5.10 Å². The summed E-state index contributed by atoms with van der Waals surface area (Å²) in [6.45, 7) is 1.95. The van der Waals surface area contributed by atoms with E-state index in [1.807, 2.05) is 13.0 Å². The van der Waals surface area contributed by atoms with E-state index in [0.717, 1.165) is 21.6 Å². The minimum absolute atomic E-state index is 0.728. The molecule has 0 atom stereocenters. The monoisotopic (exact) mass is 167 g/mol. The van der Waals surface area contributed by atoms with Gasteiger partial charge in [-0.15, -0.1) is 5.10 Å². The third kappa shape index (κ3) is 0.973. The molecular formula is C7H6ClN3. The van der Waals surface area contributed by atoms with Crippen molar-refractivity contribution in [2.75, 3.05) is 0 Å². The van der Waals surface area contributed by atoms with Gasteiger partial charge in [0.2, 0.25) is 0 Å². The molecule has 0 unspecified atom stereocenters. The van der Waals surface area contributed by atoms with Crippen molar-refractivity contribution >= 4 is 22.6 Å². The molecule has 4 heteroatoms. The lowest BCUT2D eigenvalue weighted by Gasteiger charge is -1.94. The summed E-state index contributed by atoms with van der Waals surface area (Å²) in [5.74, 6) is 0. The molecule has 0 fully saturated rings. The molecule has 0 amide bonds. The Morgan fingerprint density at radius 2 is 2.27 bits per heavy atom. The quantitative estimate of drug-likeness (QED) is 0.652. The van der Waals surface area contributed by atoms with Gasteiger partial charge in [0.05, 0.1) is 5.52 Å². The maximum absolute atomic E-state index is 5.86. The number of hydrogen-bond donors (Lipinski definition) is 1. The summed E-state index contributed by atoms with van der Waals surface area (Å²) < 4.78 is 0. The van der Waals surface area contributed by atoms with Crippen molar-refractivity contribution < 1.29 is 0 Å². The Kier molecular flexibility index (Phi) is 1.32. The molecule has 0 saturated heterocycles. The van der Waals surface area contributed by atoms with Gasteiger partial charge in [-0.25, -0.2) is 0 Å². The fraction of sp³-hybridized carbons (Fsp3) is 0.143. The number of aryl methyl sites for hydroxylation is 1. The van der Waals surface area contributed by atoms with Crippen LogP contribution in [0, 0.1) is 6.92 Å². The summed E-state index contributed by atoms with van der Waals surface area (Å²) in [6, 6.07) is 3.73. The Bertz CT molecular complexity index is 357. The highest BCUT2D eigenvalue weighted by Crippen LogP contribution is 2.19. The number of aromatic nitrogens is 3. The van der Waals surface area contributed by atoms with Crippen LogP contribution in [0.1, 0.15) is 5.56 Å². The van der Waals surface area contributed by atoms with E-state index in [1.54, 1.807) is 6.07 Å². The van der Waals surface area contributed by atoms with Gasteiger partial charge in [0.15, 0.2) is 0 Å². The minimum Gasteiger partial charge on any atom is -0.258 e. The zero-order chi connectivity index (χ0) is 7.84. The first-order valence-corrected chi connectivity index (χ1v) is 3.62. The average Bonchev–Trinajstić information content (AvgIpc) is 2.36. The van der Waals surface area contributed by atoms with Crippen molar-refractivity contribution in [2.24, 2.45) is 0 Å². The predicted molar refractivity (Wildman–Crippen MR) is 43.6 cm³/mol. The highest BCUT2D eigenvalue weighted by Gasteiger charge is 2.00. The third-order valence-electron chi connectivity index (χ3n) is 1.61. The van der Waals surface area contributed by atoms with E-state index in [-0.39, 0.29) is 0 Å². The van der Waals surface area contributed by atoms with E-state index < -0.39 is 0 Å². The molecule has 0 aliphatic heterocycles. The van der Waals surface area contributed by atoms with Gasteiger partial charge >= 0.3 is 0 Å². The Morgan fingerprint density at radius 1 is 1.45 bits per heavy atom. The summed E-state index contributed by atoms with van der Waals surface area (Å²) >= 11 is 5.86. The van der Waals surface area contributed by atoms with Crippen molar-refractivity contribution in [3.05, 3.63) is 22.7 Å². The first-order valence-electron chi connectivity index (χ1n) is 3.24. The van der Waals surface area contributed by atoms with Crippen LogP contribution in [-0.2, 0) is 0 Å². The first kappa shape index (κ1) is 6.61. The molecule has 0 saturated carbocycles. The second-order valence-electron chi connectivity index (χ2n) is 2.43. The van der Waals surface area contributed by atoms with Crippen LogP contribution in [0.5, 0.6) is 0 Å². The first-order chi connectivity index (χ1) is 5.27. The van der Waals surface area contributed by atoms with Crippen LogP contribution >= 0.6 is 11.6 Å². The number of halogens is 1. The lowest BCUT2D eigenvalue weighted by Crippen LogP contribution is -1.75. The van der Waals surface area contributed by atoms with Crippen LogP contribution in [0.15, 0.2) is 12.1 Å². The number of rotatable bonds is 0. The SMILES string of the molecule is Cc1cc2[nH]nnc2cc1Cl. The molecule has 56 valence electrons. The summed E-state index contributed by atoms with van der Waals surface area (Å²) in [5.41, 5.74) is 2.76. The van der Waals surface area contributed by atoms with E-state index in [0.29, 0.717) is 0 Å². The number of fused-ring (bicyclic) bond motifs is 1. The second-order valence-corrected chi connectivity index (χ2v) is 2.84. The zero-order valence-corrected chi connectivity index (χ0v) is 6.68. The summed E-state index contributed by atoms with van der Waals surface area (Å²) in [6.07, 6.45) is 0. The van der Waals surface area contributed by atoms with Crippen LogP contribution in [0.2, 0.25) is 5.02 Å². The number of nitrogens with zero attached hydrogens (tertiary/aromatic N) is 2. The molecule has 0 radical (unpaired) electrons. The number of aromatic amines is 1. The van der Waals surface area contributed by atoms with Crippen LogP contribution in [0.4, 0.5) is 0 Å². The van der Waals surface area contributed by atoms with E-state index in [2.05, 4.69) is 15.4 Å². The van der Waals surface area contributed by atoms with Crippen LogP contribution in [-0.4, -0.2) is 15.4 Å². The van der Waals surface area contributed by atoms with E-state index in [4.69, 9.17) is 11.6 Å². The molecule has 1 heterocycles. The second kappa shape index (κ2) is 2.20. The fourth-order valence-corrected chi connectivity index (χ4v) is 1.13. The molecule has 11 heavy (non-hydrogen) atoms. The van der Waals surface area contributed by atoms with Gasteiger partial charge in [0.1, 0.15) is 5.52 Å². The van der Waals surface area contributed by atoms with Gasteiger partial charge in [0.25, 0.3) is 0 Å². The highest BCUT2D eigenvalue weighted by atomic mass is 35.5. The maximum atomic E-state index is 5.86. The largest absolute Gasteiger partial charge is 0.258 e. The number of H-pyrrole nitrogens is 1. The van der Waals surface area contributed by atoms with Crippen molar-refractivity contribution in [3.63, 3.8) is 0 Å². The molecule has 0 bridgehead atoms. The van der Waals surface area contributed by atoms with Gasteiger partial charge < -0.3 is 0 Å². The lowest BCUT2D eigenvalue weighted by atomic mass is 10.2. The third-order valence-corrected chi connectivity index (χ3v) is 2.01. The molecule has 1 aromatic carbocycles. The van der Waals surface area contributed by atoms with Crippen LogP contribution in [0.3, 0.4) is 0 Å². The predicted octanol–water partition coefficient (Wildman–Crippen LogP) is 1.92. The molecule has 2 rings (SSSR count). The number of nitrogens with one attached hydrogen (secondary N) is 1. The van der Waals surface area contributed by atoms with Gasteiger partial charge in [-0.2, -0.15) is 0 Å². The maximum Gasteiger partial charge on any atom is 0.114 e. The molecule has 2 aromatic rings. The topological polar surface area (TPSA) is 41.6 Å². The highest BCUT2D eigenvalue weighted by molar-refractivity contribution is 6.32. The molecule has 1 N–H and O–H groups in total. The van der Waals surface area contributed by atoms with E-state index in [9.17, 15) is 0 Å². The van der Waals surface area contributed by atoms with Crippen molar-refractivity contribution in [3.8, 4) is 0 Å². The van der Waals surface area contributed by atoms with E-state index in [1.165, 1.54) is 0 Å². The summed E-state index contributed by atoms with van der Waals surface area (Å²) in [4.78, 5) is 0. The summed E-state index contributed by atoms with van der Waals surface area (Å²) in [7, 11) is 0. The molecule has 1 aromatic heterocycles. The smallest absolute Gasteiger partial charge is 0.114 e. The van der Waals surface area contributed by atoms with Crippen LogP contribution in [0.25, 0.3) is 11.0 Å². The van der Waals surface area contributed by atoms with Gasteiger partial charge in [-0.05, 0) is 24.6 Å². The Hall–Kier alpha value is -1.09. The fourth-order valence-electron chi connectivity index (χ4n) is 0.976. The zero-order valence-electron chi connectivity index (χ0n) is 5.93. The Balaban J connectivity index is 2.86. The molecule has 0 spiro atoms. The minimum atomic E-state index is 0.728. The van der Waals surface area contributed by atoms with Crippen molar-refractivity contribution in [1.29, 1.82) is 0 Å². The van der Waals surface area contributed by atoms with Crippen LogP contribution < -0.4 is 0 Å². The van der Waals surface area contributed by atoms with Gasteiger partial charge in [-0.1, -0.05) is 16.8 Å². The average molecular weight is 168 g/mol. The summed E-state index contributed by atoms with van der Waals surface area (Å²) in [5, 5.41) is 11.0. The van der Waals surface area contributed by atoms with Crippen molar-refractivity contribution in [1.82, 2.24) is 15.4 Å². The molecule has 0 aliphatic carbocycles. The Labute approximate surface area is 68.4 Å². The normalized spacial score (nSPS) is 10.7. The molecule has 3 nitrogen and oxygen atoms in total. The standard InChI is InChI=1S/C7H6ClN3/c1-4-2-6-7(3-5(4)8)10-11-9-6/h2-3H,1H3,(H,9,10,11). The lowest BCUT2D eigenvalue weighted by molar-refractivity contribution is 0.959. The Morgan fingerprint density at radius 3 is 3.09 bits per heavy atom.